The quantitative estimate of drug-likeness (QED) is 0.610. The summed E-state index contributed by atoms with van der Waals surface area (Å²) in [6, 6.07) is 10.1. The number of hydrogen-bond acceptors (Lipinski definition) is 7. The van der Waals surface area contributed by atoms with Crippen molar-refractivity contribution in [2.75, 3.05) is 16.8 Å². The Bertz CT molecular complexity index is 1010. The first-order chi connectivity index (χ1) is 14.3. The molecule has 9 nitrogen and oxygen atoms in total. The molecule has 0 aromatic heterocycles. The molecule has 0 bridgehead atoms. The van der Waals surface area contributed by atoms with Crippen molar-refractivity contribution in [1.82, 2.24) is 0 Å². The zero-order valence-electron chi connectivity index (χ0n) is 15.8. The van der Waals surface area contributed by atoms with Crippen molar-refractivity contribution < 1.29 is 34.1 Å². The summed E-state index contributed by atoms with van der Waals surface area (Å²) in [6.07, 6.45) is -0.260. The summed E-state index contributed by atoms with van der Waals surface area (Å²) in [4.78, 5) is 49.2. The van der Waals surface area contributed by atoms with Crippen LogP contribution in [0.2, 0.25) is 0 Å². The molecule has 10 heteroatoms. The second kappa shape index (κ2) is 8.87. The van der Waals surface area contributed by atoms with Gasteiger partial charge >= 0.3 is 5.97 Å². The van der Waals surface area contributed by atoms with Crippen LogP contribution in [0.4, 0.5) is 16.2 Å². The van der Waals surface area contributed by atoms with E-state index in [9.17, 15) is 24.3 Å². The van der Waals surface area contributed by atoms with E-state index in [4.69, 9.17) is 9.84 Å². The summed E-state index contributed by atoms with van der Waals surface area (Å²) in [7, 11) is 0. The number of thioether (sulfide) groups is 1. The van der Waals surface area contributed by atoms with E-state index in [1.165, 1.54) is 6.07 Å². The lowest BCUT2D eigenvalue weighted by Crippen LogP contribution is -2.32. The molecule has 156 valence electrons. The van der Waals surface area contributed by atoms with E-state index in [1.54, 1.807) is 24.3 Å². The topological polar surface area (TPSA) is 133 Å². The Morgan fingerprint density at radius 2 is 1.87 bits per heavy atom. The van der Waals surface area contributed by atoms with Gasteiger partial charge in [0.25, 0.3) is 5.24 Å². The minimum absolute atomic E-state index is 0.174. The van der Waals surface area contributed by atoms with Gasteiger partial charge in [0, 0.05) is 18.2 Å². The number of nitrogens with zero attached hydrogens (tertiary/aromatic N) is 1. The number of imide groups is 1. The van der Waals surface area contributed by atoms with Gasteiger partial charge in [-0.3, -0.25) is 14.4 Å². The fraction of sp³-hybridized carbons (Fsp3) is 0.200. The third kappa shape index (κ3) is 4.54. The van der Waals surface area contributed by atoms with E-state index in [0.29, 0.717) is 18.0 Å². The SMILES string of the molecule is CCOc1ccc(N2C(=O)SC(CC(=O)Nc3ccc(C(=O)O)c(O)c3)C2=O)cc1. The van der Waals surface area contributed by atoms with E-state index < -0.39 is 34.0 Å². The number of hydrogen-bond donors (Lipinski definition) is 3. The highest BCUT2D eigenvalue weighted by atomic mass is 32.2. The number of phenols is 1. The van der Waals surface area contributed by atoms with Crippen molar-refractivity contribution in [3.63, 3.8) is 0 Å². The van der Waals surface area contributed by atoms with Crippen LogP contribution in [0.15, 0.2) is 42.5 Å². The summed E-state index contributed by atoms with van der Waals surface area (Å²) in [5, 5.41) is 19.7. The molecule has 1 heterocycles. The van der Waals surface area contributed by atoms with Gasteiger partial charge in [-0.15, -0.1) is 0 Å². The van der Waals surface area contributed by atoms with Crippen molar-refractivity contribution in [3.8, 4) is 11.5 Å². The summed E-state index contributed by atoms with van der Waals surface area (Å²) >= 11 is 0.758. The zero-order valence-corrected chi connectivity index (χ0v) is 16.6. The second-order valence-electron chi connectivity index (χ2n) is 6.26. The van der Waals surface area contributed by atoms with Crippen molar-refractivity contribution in [2.24, 2.45) is 0 Å². The number of amides is 3. The number of aromatic hydroxyl groups is 1. The molecule has 1 fully saturated rings. The van der Waals surface area contributed by atoms with Crippen LogP contribution in [0, 0.1) is 0 Å². The number of carboxylic acid groups (broad SMARTS) is 1. The molecule has 1 unspecified atom stereocenters. The van der Waals surface area contributed by atoms with Gasteiger partial charge < -0.3 is 20.3 Å². The molecule has 0 radical (unpaired) electrons. The smallest absolute Gasteiger partial charge is 0.339 e. The van der Waals surface area contributed by atoms with Crippen molar-refractivity contribution in [1.29, 1.82) is 0 Å². The Kier molecular flexibility index (Phi) is 6.26. The number of anilines is 2. The highest BCUT2D eigenvalue weighted by molar-refractivity contribution is 8.15. The fourth-order valence-corrected chi connectivity index (χ4v) is 3.83. The lowest BCUT2D eigenvalue weighted by molar-refractivity contribution is -0.121. The number of rotatable bonds is 7. The maximum Gasteiger partial charge on any atom is 0.339 e. The number of aromatic carboxylic acids is 1. The molecule has 0 saturated carbocycles. The summed E-state index contributed by atoms with van der Waals surface area (Å²) < 4.78 is 5.34. The van der Waals surface area contributed by atoms with Gasteiger partial charge in [0.05, 0.1) is 12.3 Å². The summed E-state index contributed by atoms with van der Waals surface area (Å²) in [5.41, 5.74) is 0.261. The van der Waals surface area contributed by atoms with Crippen LogP contribution in [-0.2, 0) is 9.59 Å². The van der Waals surface area contributed by atoms with Crippen LogP contribution in [0.3, 0.4) is 0 Å². The number of carbonyl (C=O) groups excluding carboxylic acids is 3. The minimum Gasteiger partial charge on any atom is -0.507 e. The molecule has 1 aliphatic heterocycles. The third-order valence-electron chi connectivity index (χ3n) is 4.21. The molecule has 2 aromatic carbocycles. The van der Waals surface area contributed by atoms with E-state index in [-0.39, 0.29) is 17.7 Å². The highest BCUT2D eigenvalue weighted by Gasteiger charge is 2.41. The van der Waals surface area contributed by atoms with E-state index in [2.05, 4.69) is 5.32 Å². The van der Waals surface area contributed by atoms with Crippen LogP contribution >= 0.6 is 11.8 Å². The molecule has 3 rings (SSSR count). The molecule has 3 N–H and O–H groups in total. The number of benzene rings is 2. The van der Waals surface area contributed by atoms with Gasteiger partial charge in [-0.05, 0) is 55.1 Å². The van der Waals surface area contributed by atoms with Gasteiger partial charge in [0.1, 0.15) is 22.3 Å². The predicted octanol–water partition coefficient (Wildman–Crippen LogP) is 3.09. The standard InChI is InChI=1S/C20H18N2O7S/c1-2-29-13-6-4-12(5-7-13)22-18(25)16(30-20(22)28)10-17(24)21-11-3-8-14(19(26)27)15(23)9-11/h3-9,16,23H,2,10H2,1H3,(H,21,24)(H,26,27). The van der Waals surface area contributed by atoms with Gasteiger partial charge in [-0.25, -0.2) is 9.69 Å². The van der Waals surface area contributed by atoms with Crippen LogP contribution in [-0.4, -0.2) is 45.1 Å². The molecule has 30 heavy (non-hydrogen) atoms. The van der Waals surface area contributed by atoms with E-state index in [1.807, 2.05) is 6.92 Å². The second-order valence-corrected chi connectivity index (χ2v) is 7.42. The van der Waals surface area contributed by atoms with Crippen LogP contribution in [0.5, 0.6) is 11.5 Å². The monoisotopic (exact) mass is 430 g/mol. The number of carbonyl (C=O) groups is 4. The van der Waals surface area contributed by atoms with Crippen molar-refractivity contribution >= 4 is 46.2 Å². The number of carboxylic acids is 1. The van der Waals surface area contributed by atoms with Crippen LogP contribution in [0.1, 0.15) is 23.7 Å². The number of ether oxygens (including phenoxy) is 1. The van der Waals surface area contributed by atoms with Gasteiger partial charge in [0.15, 0.2) is 0 Å². The first-order valence-electron chi connectivity index (χ1n) is 8.93. The summed E-state index contributed by atoms with van der Waals surface area (Å²) in [6.45, 7) is 2.33. The molecule has 0 spiro atoms. The molecule has 2 aromatic rings. The predicted molar refractivity (Wildman–Crippen MR) is 110 cm³/mol. The molecular formula is C20H18N2O7S. The third-order valence-corrected chi connectivity index (χ3v) is 5.25. The zero-order chi connectivity index (χ0) is 21.8. The van der Waals surface area contributed by atoms with Gasteiger partial charge in [0.2, 0.25) is 11.8 Å². The van der Waals surface area contributed by atoms with Crippen molar-refractivity contribution in [2.45, 2.75) is 18.6 Å². The minimum atomic E-state index is -1.30. The average molecular weight is 430 g/mol. The maximum atomic E-state index is 12.7. The Labute approximate surface area is 175 Å². The largest absolute Gasteiger partial charge is 0.507 e. The van der Waals surface area contributed by atoms with E-state index >= 15 is 0 Å². The Hall–Kier alpha value is -3.53. The molecule has 1 saturated heterocycles. The Morgan fingerprint density at radius 1 is 1.17 bits per heavy atom. The molecule has 1 atom stereocenters. The first-order valence-corrected chi connectivity index (χ1v) is 9.81. The summed E-state index contributed by atoms with van der Waals surface area (Å²) in [5.74, 6) is -2.24. The fourth-order valence-electron chi connectivity index (χ4n) is 2.85. The lowest BCUT2D eigenvalue weighted by atomic mass is 10.1. The molecule has 0 aliphatic carbocycles. The first kappa shape index (κ1) is 21.2. The molecular weight excluding hydrogens is 412 g/mol. The number of nitrogens with one attached hydrogen (secondary N) is 1. The van der Waals surface area contributed by atoms with Gasteiger partial charge in [-0.1, -0.05) is 0 Å². The highest BCUT2D eigenvalue weighted by Crippen LogP contribution is 2.34. The Balaban J connectivity index is 1.65. The van der Waals surface area contributed by atoms with Crippen LogP contribution in [0.25, 0.3) is 0 Å². The van der Waals surface area contributed by atoms with Crippen molar-refractivity contribution in [3.05, 3.63) is 48.0 Å². The maximum absolute atomic E-state index is 12.7. The lowest BCUT2D eigenvalue weighted by Gasteiger charge is -2.14. The molecule has 1 aliphatic rings. The normalized spacial score (nSPS) is 15.9. The molecule has 3 amide bonds. The van der Waals surface area contributed by atoms with Crippen LogP contribution < -0.4 is 15.0 Å². The Morgan fingerprint density at radius 3 is 2.47 bits per heavy atom. The van der Waals surface area contributed by atoms with E-state index in [0.717, 1.165) is 28.8 Å². The average Bonchev–Trinajstić information content (AvgIpc) is 2.95. The van der Waals surface area contributed by atoms with Gasteiger partial charge in [-0.2, -0.15) is 0 Å².